The molecule has 2 heteroatoms. The van der Waals surface area contributed by atoms with E-state index in [1.165, 1.54) is 169 Å². The van der Waals surface area contributed by atoms with Gasteiger partial charge in [-0.25, -0.2) is 0 Å². The van der Waals surface area contributed by atoms with Crippen LogP contribution in [-0.2, 0) is 12.8 Å². The van der Waals surface area contributed by atoms with Crippen molar-refractivity contribution in [2.75, 3.05) is 12.5 Å². The van der Waals surface area contributed by atoms with Crippen molar-refractivity contribution in [3.63, 3.8) is 0 Å². The van der Waals surface area contributed by atoms with Gasteiger partial charge in [0.05, 0.1) is 0 Å². The molecule has 0 aromatic heterocycles. The van der Waals surface area contributed by atoms with Gasteiger partial charge in [-0.1, -0.05) is 152 Å². The smallest absolute Gasteiger partial charge is 0.0148 e. The Bertz CT molecular complexity index is 1380. The van der Waals surface area contributed by atoms with E-state index >= 15 is 0 Å². The molecule has 0 saturated heterocycles. The topological polar surface area (TPSA) is 0 Å². The van der Waals surface area contributed by atoms with Gasteiger partial charge in [-0.2, -0.15) is 0 Å². The molecular weight excluding hydrogens is 593 g/mol. The molecular formula is C44H60S2. The summed E-state index contributed by atoms with van der Waals surface area (Å²) in [6, 6.07) is 23.8. The fraction of sp³-hybridized carbons (Fsp3) is 0.500. The number of aryl methyl sites for hydroxylation is 2. The predicted molar refractivity (Wildman–Crippen MR) is 213 cm³/mol. The zero-order valence-corrected chi connectivity index (χ0v) is 31.1. The van der Waals surface area contributed by atoms with Crippen molar-refractivity contribution in [2.24, 2.45) is 0 Å². The second-order valence-electron chi connectivity index (χ2n) is 13.3. The summed E-state index contributed by atoms with van der Waals surface area (Å²) in [5.41, 5.74) is 5.58. The first-order valence-corrected chi connectivity index (χ1v) is 21.0. The van der Waals surface area contributed by atoms with Crippen molar-refractivity contribution in [1.29, 1.82) is 0 Å². The van der Waals surface area contributed by atoms with Crippen LogP contribution in [0.15, 0.2) is 70.5 Å². The van der Waals surface area contributed by atoms with Crippen molar-refractivity contribution in [3.8, 4) is 0 Å². The summed E-state index contributed by atoms with van der Waals surface area (Å²) in [7, 11) is 0. The summed E-state index contributed by atoms with van der Waals surface area (Å²) in [6.45, 7) is 4.59. The van der Waals surface area contributed by atoms with E-state index in [2.05, 4.69) is 99.2 Å². The average molecular weight is 653 g/mol. The number of benzene rings is 4. The fourth-order valence-corrected chi connectivity index (χ4v) is 7.93. The third-order valence-electron chi connectivity index (χ3n) is 9.59. The highest BCUT2D eigenvalue weighted by atomic mass is 32.2. The van der Waals surface area contributed by atoms with Crippen molar-refractivity contribution in [1.82, 2.24) is 0 Å². The Balaban J connectivity index is 1.37. The van der Waals surface area contributed by atoms with Crippen LogP contribution >= 0.6 is 23.5 Å². The third kappa shape index (κ3) is 11.8. The molecule has 0 aliphatic heterocycles. The van der Waals surface area contributed by atoms with E-state index in [1.54, 1.807) is 0 Å². The summed E-state index contributed by atoms with van der Waals surface area (Å²) < 4.78 is 0. The van der Waals surface area contributed by atoms with Crippen LogP contribution in [0.3, 0.4) is 0 Å². The molecule has 248 valence electrons. The molecule has 0 nitrogen and oxygen atoms in total. The Morgan fingerprint density at radius 1 is 0.413 bits per heavy atom. The molecule has 0 unspecified atom stereocenters. The van der Waals surface area contributed by atoms with Gasteiger partial charge < -0.3 is 0 Å². The van der Waals surface area contributed by atoms with Crippen LogP contribution in [0.1, 0.15) is 139 Å². The average Bonchev–Trinajstić information content (AvgIpc) is 3.08. The summed E-state index contributed by atoms with van der Waals surface area (Å²) in [6.07, 6.45) is 33.5. The van der Waals surface area contributed by atoms with E-state index in [9.17, 15) is 0 Å². The Morgan fingerprint density at radius 2 is 0.783 bits per heavy atom. The van der Waals surface area contributed by atoms with Crippen LogP contribution in [0.4, 0.5) is 0 Å². The zero-order chi connectivity index (χ0) is 32.4. The molecule has 0 heterocycles. The molecule has 0 atom stereocenters. The van der Waals surface area contributed by atoms with Crippen LogP contribution in [0.2, 0.25) is 0 Å². The van der Waals surface area contributed by atoms with Crippen molar-refractivity contribution >= 4 is 57.2 Å². The van der Waals surface area contributed by atoms with Crippen LogP contribution in [0, 0.1) is 0 Å². The molecule has 46 heavy (non-hydrogen) atoms. The van der Waals surface area contributed by atoms with Crippen molar-refractivity contribution < 1.29 is 0 Å². The second-order valence-corrected chi connectivity index (χ2v) is 15.0. The monoisotopic (exact) mass is 652 g/mol. The molecule has 0 fully saturated rings. The van der Waals surface area contributed by atoms with Crippen LogP contribution in [0.5, 0.6) is 0 Å². The summed E-state index contributed by atoms with van der Waals surface area (Å²) in [5, 5.41) is 5.42. The molecule has 0 amide bonds. The van der Waals surface area contributed by atoms with Gasteiger partial charge in [-0.05, 0) is 106 Å². The van der Waals surface area contributed by atoms with Crippen LogP contribution < -0.4 is 0 Å². The lowest BCUT2D eigenvalue weighted by Crippen LogP contribution is -1.89. The lowest BCUT2D eigenvalue weighted by molar-refractivity contribution is 0.575. The van der Waals surface area contributed by atoms with Gasteiger partial charge in [0.15, 0.2) is 0 Å². The van der Waals surface area contributed by atoms with E-state index in [4.69, 9.17) is 0 Å². The maximum absolute atomic E-state index is 2.43. The Labute approximate surface area is 290 Å². The second kappa shape index (κ2) is 20.9. The lowest BCUT2D eigenvalue weighted by Gasteiger charge is -2.11. The van der Waals surface area contributed by atoms with Crippen LogP contribution in [0.25, 0.3) is 33.7 Å². The highest BCUT2D eigenvalue weighted by Crippen LogP contribution is 2.32. The molecule has 0 aliphatic rings. The van der Waals surface area contributed by atoms with E-state index in [0.717, 1.165) is 0 Å². The molecule has 0 radical (unpaired) electrons. The number of unbranched alkanes of at least 4 members (excludes halogenated alkanes) is 14. The van der Waals surface area contributed by atoms with E-state index in [-0.39, 0.29) is 0 Å². The highest BCUT2D eigenvalue weighted by Gasteiger charge is 2.07. The molecule has 4 aromatic carbocycles. The first-order valence-electron chi connectivity index (χ1n) is 18.5. The number of hydrogen-bond donors (Lipinski definition) is 0. The molecule has 0 spiro atoms. The van der Waals surface area contributed by atoms with Gasteiger partial charge in [-0.3, -0.25) is 0 Å². The number of hydrogen-bond acceptors (Lipinski definition) is 2. The van der Waals surface area contributed by atoms with Gasteiger partial charge in [-0.15, -0.1) is 23.5 Å². The van der Waals surface area contributed by atoms with Gasteiger partial charge >= 0.3 is 0 Å². The predicted octanol–water partition coefficient (Wildman–Crippen LogP) is 15.0. The molecule has 4 aromatic rings. The summed E-state index contributed by atoms with van der Waals surface area (Å²) in [4.78, 5) is 2.70. The number of thioether (sulfide) groups is 2. The summed E-state index contributed by atoms with van der Waals surface area (Å²) >= 11 is 3.71. The van der Waals surface area contributed by atoms with Gasteiger partial charge in [0.1, 0.15) is 0 Å². The zero-order valence-electron chi connectivity index (χ0n) is 29.5. The molecule has 0 bridgehead atoms. The van der Waals surface area contributed by atoms with Crippen molar-refractivity contribution in [2.45, 2.75) is 139 Å². The highest BCUT2D eigenvalue weighted by molar-refractivity contribution is 7.99. The fourth-order valence-electron chi connectivity index (χ4n) is 6.72. The van der Waals surface area contributed by atoms with Gasteiger partial charge in [0, 0.05) is 9.79 Å². The minimum atomic E-state index is 1.20. The number of rotatable bonds is 22. The maximum atomic E-state index is 2.43. The third-order valence-corrected chi connectivity index (χ3v) is 11.2. The molecule has 0 N–H and O–H groups in total. The Kier molecular flexibility index (Phi) is 16.7. The Hall–Kier alpha value is -2.16. The molecule has 0 saturated carbocycles. The lowest BCUT2D eigenvalue weighted by atomic mass is 9.99. The first-order chi connectivity index (χ1) is 22.6. The standard InChI is InChI=1S/C44H60S2/c1-5-7-9-11-13-15-17-19-21-35-23-25-37-31-39(43(45-3)33-41(37)29-35)27-28-40-32-38-26-24-36(30-42(38)34-44(40)46-4)22-20-18-16-14-12-10-8-6-2/h23-34H,5-22H2,1-4H3/b28-27+. The quantitative estimate of drug-likeness (QED) is 0.0471. The van der Waals surface area contributed by atoms with Gasteiger partial charge in [0.2, 0.25) is 0 Å². The molecule has 0 aliphatic carbocycles. The van der Waals surface area contributed by atoms with Crippen molar-refractivity contribution in [3.05, 3.63) is 82.9 Å². The molecule has 4 rings (SSSR count). The largest absolute Gasteiger partial charge is 0.129 e. The normalized spacial score (nSPS) is 11.8. The first kappa shape index (κ1) is 36.7. The van der Waals surface area contributed by atoms with Crippen LogP contribution in [-0.4, -0.2) is 12.5 Å². The number of fused-ring (bicyclic) bond motifs is 2. The summed E-state index contributed by atoms with van der Waals surface area (Å²) in [5.74, 6) is 0. The SMILES string of the molecule is CCCCCCCCCCc1ccc2cc(/C=C/c3cc4ccc(CCCCCCCCCC)cc4cc3SC)c(SC)cc2c1. The minimum absolute atomic E-state index is 1.20. The van der Waals surface area contributed by atoms with E-state index in [1.807, 2.05) is 23.5 Å². The maximum Gasteiger partial charge on any atom is 0.0148 e. The van der Waals surface area contributed by atoms with E-state index < -0.39 is 0 Å². The van der Waals surface area contributed by atoms with Gasteiger partial charge in [0.25, 0.3) is 0 Å². The Morgan fingerprint density at radius 3 is 1.15 bits per heavy atom. The minimum Gasteiger partial charge on any atom is -0.129 e. The van der Waals surface area contributed by atoms with E-state index in [0.29, 0.717) is 0 Å².